The number of benzene rings is 1. The summed E-state index contributed by atoms with van der Waals surface area (Å²) in [5.74, 6) is -0.305. The predicted molar refractivity (Wildman–Crippen MR) is 73.0 cm³/mol. The first-order chi connectivity index (χ1) is 9.30. The average molecular weight is 279 g/mol. The first-order valence-electron chi connectivity index (χ1n) is 6.41. The Bertz CT molecular complexity index is 628. The van der Waals surface area contributed by atoms with Gasteiger partial charge >= 0.3 is 5.97 Å². The summed E-state index contributed by atoms with van der Waals surface area (Å²) in [6, 6.07) is 4.65. The minimum atomic E-state index is -1.80. The molecule has 0 bridgehead atoms. The van der Waals surface area contributed by atoms with E-state index in [2.05, 4.69) is 30.5 Å². The Morgan fingerprint density at radius 2 is 2.15 bits per heavy atom. The van der Waals surface area contributed by atoms with Crippen molar-refractivity contribution in [3.05, 3.63) is 29.7 Å². The van der Waals surface area contributed by atoms with E-state index in [1.54, 1.807) is 6.07 Å². The zero-order chi connectivity index (χ0) is 14.9. The van der Waals surface area contributed by atoms with E-state index in [1.807, 2.05) is 0 Å². The van der Waals surface area contributed by atoms with Gasteiger partial charge in [0.25, 0.3) is 0 Å². The van der Waals surface area contributed by atoms with Gasteiger partial charge in [0.15, 0.2) is 11.5 Å². The van der Waals surface area contributed by atoms with Crippen molar-refractivity contribution < 1.29 is 18.3 Å². The molecule has 20 heavy (non-hydrogen) atoms. The number of oxazole rings is 1. The number of halogens is 1. The van der Waals surface area contributed by atoms with Crippen LogP contribution in [0, 0.1) is 5.41 Å². The summed E-state index contributed by atoms with van der Waals surface area (Å²) in [5.41, 5.74) is 1.41. The molecule has 1 atom stereocenters. The van der Waals surface area contributed by atoms with Gasteiger partial charge in [0, 0.05) is 6.42 Å². The minimum absolute atomic E-state index is 0.0539. The number of ether oxygens (including phenoxy) is 1. The maximum Gasteiger partial charge on any atom is 0.345 e. The van der Waals surface area contributed by atoms with Crippen LogP contribution in [0.3, 0.4) is 0 Å². The Kier molecular flexibility index (Phi) is 3.79. The summed E-state index contributed by atoms with van der Waals surface area (Å²) in [7, 11) is 1.16. The highest BCUT2D eigenvalue weighted by Gasteiger charge is 2.22. The number of nitrogens with zero attached hydrogens (tertiary/aromatic N) is 1. The summed E-state index contributed by atoms with van der Waals surface area (Å²) < 4.78 is 23.8. The van der Waals surface area contributed by atoms with Gasteiger partial charge < -0.3 is 9.15 Å². The summed E-state index contributed by atoms with van der Waals surface area (Å²) in [4.78, 5) is 15.5. The van der Waals surface area contributed by atoms with E-state index < -0.39 is 12.1 Å². The highest BCUT2D eigenvalue weighted by Crippen LogP contribution is 2.27. The van der Waals surface area contributed by atoms with Crippen LogP contribution in [0.5, 0.6) is 0 Å². The number of alkyl halides is 1. The number of carbonyl (C=O) groups is 1. The molecule has 0 aliphatic heterocycles. The lowest BCUT2D eigenvalue weighted by Crippen LogP contribution is -2.09. The topological polar surface area (TPSA) is 52.3 Å². The van der Waals surface area contributed by atoms with E-state index in [1.165, 1.54) is 12.1 Å². The summed E-state index contributed by atoms with van der Waals surface area (Å²) in [5, 5.41) is 0. The third-order valence-corrected chi connectivity index (χ3v) is 2.84. The lowest BCUT2D eigenvalue weighted by molar-refractivity contribution is -0.146. The number of esters is 1. The molecule has 108 valence electrons. The molecule has 5 heteroatoms. The van der Waals surface area contributed by atoms with Crippen molar-refractivity contribution in [2.24, 2.45) is 5.41 Å². The van der Waals surface area contributed by atoms with Gasteiger partial charge in [-0.05, 0) is 23.1 Å². The predicted octanol–water partition coefficient (Wildman–Crippen LogP) is 3.60. The van der Waals surface area contributed by atoms with Crippen molar-refractivity contribution in [1.82, 2.24) is 4.98 Å². The molecule has 1 unspecified atom stereocenters. The minimum Gasteiger partial charge on any atom is -0.467 e. The SMILES string of the molecule is COC(=O)C(F)c1ccc2oc(CC(C)(C)C)nc2c1. The van der Waals surface area contributed by atoms with Gasteiger partial charge in [-0.15, -0.1) is 0 Å². The molecule has 2 rings (SSSR count). The van der Waals surface area contributed by atoms with Crippen LogP contribution in [0.1, 0.15) is 38.4 Å². The molecule has 0 amide bonds. The van der Waals surface area contributed by atoms with E-state index in [-0.39, 0.29) is 11.0 Å². The largest absolute Gasteiger partial charge is 0.467 e. The summed E-state index contributed by atoms with van der Waals surface area (Å²) in [6.07, 6.45) is -1.11. The molecule has 1 aromatic carbocycles. The number of methoxy groups -OCH3 is 1. The lowest BCUT2D eigenvalue weighted by Gasteiger charge is -2.14. The lowest BCUT2D eigenvalue weighted by atomic mass is 9.92. The van der Waals surface area contributed by atoms with Crippen LogP contribution in [0.2, 0.25) is 0 Å². The van der Waals surface area contributed by atoms with Gasteiger partial charge in [0.2, 0.25) is 6.17 Å². The normalized spacial score (nSPS) is 13.4. The second-order valence-electron chi connectivity index (χ2n) is 5.96. The van der Waals surface area contributed by atoms with E-state index in [4.69, 9.17) is 4.42 Å². The molecular formula is C15H18FNO3. The summed E-state index contributed by atoms with van der Waals surface area (Å²) >= 11 is 0. The van der Waals surface area contributed by atoms with Crippen LogP contribution >= 0.6 is 0 Å². The van der Waals surface area contributed by atoms with Crippen LogP contribution in [0.25, 0.3) is 11.1 Å². The van der Waals surface area contributed by atoms with Crippen molar-refractivity contribution in [1.29, 1.82) is 0 Å². The highest BCUT2D eigenvalue weighted by molar-refractivity contribution is 5.80. The van der Waals surface area contributed by atoms with Gasteiger partial charge in [0.1, 0.15) is 5.52 Å². The molecular weight excluding hydrogens is 261 g/mol. The second kappa shape index (κ2) is 5.23. The smallest absolute Gasteiger partial charge is 0.345 e. The van der Waals surface area contributed by atoms with Crippen molar-refractivity contribution in [3.8, 4) is 0 Å². The van der Waals surface area contributed by atoms with Crippen LogP contribution in [-0.2, 0) is 16.0 Å². The van der Waals surface area contributed by atoms with E-state index in [0.717, 1.165) is 7.11 Å². The number of hydrogen-bond acceptors (Lipinski definition) is 4. The van der Waals surface area contributed by atoms with Gasteiger partial charge in [-0.3, -0.25) is 0 Å². The molecule has 4 nitrogen and oxygen atoms in total. The van der Waals surface area contributed by atoms with Crippen LogP contribution in [0.4, 0.5) is 4.39 Å². The molecule has 0 spiro atoms. The maximum absolute atomic E-state index is 13.8. The van der Waals surface area contributed by atoms with Crippen LogP contribution in [-0.4, -0.2) is 18.1 Å². The third kappa shape index (κ3) is 3.15. The fourth-order valence-corrected chi connectivity index (χ4v) is 1.92. The molecule has 1 aromatic heterocycles. The quantitative estimate of drug-likeness (QED) is 0.805. The van der Waals surface area contributed by atoms with E-state index in [9.17, 15) is 9.18 Å². The fraction of sp³-hybridized carbons (Fsp3) is 0.467. The Morgan fingerprint density at radius 1 is 1.45 bits per heavy atom. The van der Waals surface area contributed by atoms with Crippen molar-refractivity contribution in [2.45, 2.75) is 33.4 Å². The fourth-order valence-electron chi connectivity index (χ4n) is 1.92. The number of hydrogen-bond donors (Lipinski definition) is 0. The zero-order valence-corrected chi connectivity index (χ0v) is 12.1. The number of fused-ring (bicyclic) bond motifs is 1. The van der Waals surface area contributed by atoms with E-state index in [0.29, 0.717) is 23.4 Å². The molecule has 2 aromatic rings. The molecule has 0 radical (unpaired) electrons. The monoisotopic (exact) mass is 279 g/mol. The second-order valence-corrected chi connectivity index (χ2v) is 5.96. The van der Waals surface area contributed by atoms with Crippen molar-refractivity contribution >= 4 is 17.1 Å². The third-order valence-electron chi connectivity index (χ3n) is 2.84. The van der Waals surface area contributed by atoms with Crippen molar-refractivity contribution in [2.75, 3.05) is 7.11 Å². The van der Waals surface area contributed by atoms with Crippen LogP contribution in [0.15, 0.2) is 22.6 Å². The molecule has 0 aliphatic carbocycles. The molecule has 0 saturated carbocycles. The first kappa shape index (κ1) is 14.5. The zero-order valence-electron chi connectivity index (χ0n) is 12.1. The Balaban J connectivity index is 2.32. The number of carbonyl (C=O) groups excluding carboxylic acids is 1. The molecule has 1 heterocycles. The van der Waals surface area contributed by atoms with Crippen molar-refractivity contribution in [3.63, 3.8) is 0 Å². The van der Waals surface area contributed by atoms with Gasteiger partial charge in [-0.2, -0.15) is 0 Å². The molecule has 0 fully saturated rings. The standard InChI is InChI=1S/C15H18FNO3/c1-15(2,3)8-12-17-10-7-9(5-6-11(10)20-12)13(16)14(18)19-4/h5-7,13H,8H2,1-4H3. The van der Waals surface area contributed by atoms with E-state index >= 15 is 0 Å². The summed E-state index contributed by atoms with van der Waals surface area (Å²) in [6.45, 7) is 6.26. The Labute approximate surface area is 116 Å². The Hall–Kier alpha value is -1.91. The highest BCUT2D eigenvalue weighted by atomic mass is 19.1. The van der Waals surface area contributed by atoms with Gasteiger partial charge in [0.05, 0.1) is 7.11 Å². The Morgan fingerprint density at radius 3 is 2.75 bits per heavy atom. The maximum atomic E-state index is 13.8. The molecule has 0 N–H and O–H groups in total. The molecule has 0 saturated heterocycles. The van der Waals surface area contributed by atoms with Crippen LogP contribution < -0.4 is 0 Å². The average Bonchev–Trinajstić information content (AvgIpc) is 2.75. The number of aromatic nitrogens is 1. The van der Waals surface area contributed by atoms with Gasteiger partial charge in [-0.1, -0.05) is 26.8 Å². The number of rotatable bonds is 3. The first-order valence-corrected chi connectivity index (χ1v) is 6.41. The molecule has 0 aliphatic rings. The van der Waals surface area contributed by atoms with Gasteiger partial charge in [-0.25, -0.2) is 14.2 Å².